The summed E-state index contributed by atoms with van der Waals surface area (Å²) >= 11 is 0. The number of hydrogen-bond donors (Lipinski definition) is 2. The molecule has 9 nitrogen and oxygen atoms in total. The zero-order chi connectivity index (χ0) is 16.2. The van der Waals surface area contributed by atoms with E-state index in [1.54, 1.807) is 0 Å². The van der Waals surface area contributed by atoms with Gasteiger partial charge in [-0.3, -0.25) is 9.59 Å². The van der Waals surface area contributed by atoms with Crippen molar-refractivity contribution in [3.8, 4) is 0 Å². The average molecular weight is 300 g/mol. The zero-order valence-corrected chi connectivity index (χ0v) is 12.1. The maximum absolute atomic E-state index is 12.0. The van der Waals surface area contributed by atoms with Crippen molar-refractivity contribution in [2.45, 2.75) is 25.8 Å². The number of hydrogen-bond acceptors (Lipinski definition) is 7. The minimum atomic E-state index is -2.16. The van der Waals surface area contributed by atoms with E-state index in [0.29, 0.717) is 0 Å². The highest BCUT2D eigenvalue weighted by molar-refractivity contribution is 6.07. The lowest BCUT2D eigenvalue weighted by Gasteiger charge is -2.28. The third kappa shape index (κ3) is 3.12. The number of carbonyl (C=O) groups excluding carboxylic acids is 3. The van der Waals surface area contributed by atoms with Gasteiger partial charge in [0.25, 0.3) is 5.56 Å². The molecule has 0 spiro atoms. The molecule has 0 fully saturated rings. The van der Waals surface area contributed by atoms with Gasteiger partial charge in [0.1, 0.15) is 5.76 Å². The van der Waals surface area contributed by atoms with E-state index in [1.807, 2.05) is 0 Å². The van der Waals surface area contributed by atoms with Crippen molar-refractivity contribution in [3.63, 3.8) is 0 Å². The Morgan fingerprint density at radius 3 is 2.10 bits per heavy atom. The van der Waals surface area contributed by atoms with Crippen molar-refractivity contribution in [1.29, 1.82) is 0 Å². The molecule has 1 aromatic rings. The lowest BCUT2D eigenvalue weighted by molar-refractivity contribution is -0.165. The van der Waals surface area contributed by atoms with E-state index in [9.17, 15) is 19.2 Å². The molecule has 2 N–H and O–H groups in total. The molecule has 0 aliphatic heterocycles. The Morgan fingerprint density at radius 1 is 1.24 bits per heavy atom. The van der Waals surface area contributed by atoms with Gasteiger partial charge < -0.3 is 19.3 Å². The number of H-pyrrole nitrogens is 1. The van der Waals surface area contributed by atoms with Crippen molar-refractivity contribution < 1.29 is 28.4 Å². The Balaban J connectivity index is 3.41. The normalized spacial score (nSPS) is 10.9. The molecular weight excluding hydrogens is 284 g/mol. The van der Waals surface area contributed by atoms with Crippen molar-refractivity contribution in [2.75, 3.05) is 14.2 Å². The van der Waals surface area contributed by atoms with E-state index in [1.165, 1.54) is 6.92 Å². The van der Waals surface area contributed by atoms with E-state index in [4.69, 9.17) is 4.52 Å². The number of nitrogens with one attached hydrogen (secondary N) is 2. The van der Waals surface area contributed by atoms with Crippen LogP contribution < -0.4 is 10.9 Å². The summed E-state index contributed by atoms with van der Waals surface area (Å²) in [7, 11) is 2.10. The van der Waals surface area contributed by atoms with Crippen LogP contribution in [0.2, 0.25) is 0 Å². The molecule has 0 atom stereocenters. The third-order valence-corrected chi connectivity index (χ3v) is 2.89. The fraction of sp³-hybridized carbons (Fsp3) is 0.500. The quantitative estimate of drug-likeness (QED) is 0.529. The van der Waals surface area contributed by atoms with Crippen LogP contribution in [-0.2, 0) is 30.3 Å². The number of aromatic nitrogens is 1. The fourth-order valence-corrected chi connectivity index (χ4v) is 1.90. The molecule has 1 aromatic heterocycles. The van der Waals surface area contributed by atoms with Crippen LogP contribution in [0.5, 0.6) is 0 Å². The molecule has 0 aromatic carbocycles. The van der Waals surface area contributed by atoms with Gasteiger partial charge in [0, 0.05) is 13.3 Å². The summed E-state index contributed by atoms with van der Waals surface area (Å²) in [4.78, 5) is 47.1. The van der Waals surface area contributed by atoms with Crippen LogP contribution in [0.15, 0.2) is 9.32 Å². The molecule has 0 radical (unpaired) electrons. The number of esters is 2. The van der Waals surface area contributed by atoms with Gasteiger partial charge in [-0.2, -0.15) is 5.16 Å². The van der Waals surface area contributed by atoms with Crippen molar-refractivity contribution >= 4 is 17.8 Å². The van der Waals surface area contributed by atoms with Crippen LogP contribution in [0.25, 0.3) is 0 Å². The maximum atomic E-state index is 12.0. The van der Waals surface area contributed by atoms with E-state index < -0.39 is 35.4 Å². The smallest absolute Gasteiger partial charge is 0.343 e. The summed E-state index contributed by atoms with van der Waals surface area (Å²) in [6, 6.07) is 0. The summed E-state index contributed by atoms with van der Waals surface area (Å²) < 4.78 is 14.0. The summed E-state index contributed by atoms with van der Waals surface area (Å²) in [6.45, 7) is 2.59. The number of rotatable bonds is 5. The average Bonchev–Trinajstić information content (AvgIpc) is 2.75. The van der Waals surface area contributed by atoms with E-state index >= 15 is 0 Å². The minimum Gasteiger partial charge on any atom is -0.467 e. The van der Waals surface area contributed by atoms with E-state index in [-0.39, 0.29) is 11.3 Å². The second-order valence-corrected chi connectivity index (χ2v) is 4.31. The molecule has 1 heterocycles. The Labute approximate surface area is 119 Å². The largest absolute Gasteiger partial charge is 0.467 e. The first-order valence-electron chi connectivity index (χ1n) is 5.91. The SMILES string of the molecule is COC(=O)C(Cc1c(C)o[nH]c1=O)(NC(C)=O)C(=O)OC. The first-order valence-corrected chi connectivity index (χ1v) is 5.91. The minimum absolute atomic E-state index is 0.0274. The number of aromatic amines is 1. The molecular formula is C12H16N2O7. The standard InChI is InChI=1S/C12H16N2O7/c1-6-8(9(16)14-21-6)5-12(10(17)19-3,11(18)20-4)13-7(2)15/h5H2,1-4H3,(H,13,15)(H,14,16). The highest BCUT2D eigenvalue weighted by Gasteiger charge is 2.50. The van der Waals surface area contributed by atoms with Crippen LogP contribution in [0.4, 0.5) is 0 Å². The highest BCUT2D eigenvalue weighted by atomic mass is 16.5. The second-order valence-electron chi connectivity index (χ2n) is 4.31. The molecule has 0 bridgehead atoms. The predicted octanol–water partition coefficient (Wildman–Crippen LogP) is -0.960. The fourth-order valence-electron chi connectivity index (χ4n) is 1.90. The van der Waals surface area contributed by atoms with Gasteiger partial charge in [0.2, 0.25) is 11.4 Å². The van der Waals surface area contributed by atoms with Crippen molar-refractivity contribution in [3.05, 3.63) is 21.7 Å². The summed E-state index contributed by atoms with van der Waals surface area (Å²) in [6.07, 6.45) is -0.455. The van der Waals surface area contributed by atoms with Gasteiger partial charge in [-0.15, -0.1) is 0 Å². The summed E-state index contributed by atoms with van der Waals surface area (Å²) in [5, 5.41) is 4.28. The first-order chi connectivity index (χ1) is 9.78. The van der Waals surface area contributed by atoms with Gasteiger partial charge in [-0.25, -0.2) is 9.59 Å². The number of methoxy groups -OCH3 is 2. The molecule has 1 rings (SSSR count). The summed E-state index contributed by atoms with van der Waals surface area (Å²) in [5.41, 5.74) is -2.74. The van der Waals surface area contributed by atoms with Gasteiger partial charge in [0.05, 0.1) is 19.8 Å². The first kappa shape index (κ1) is 16.5. The van der Waals surface area contributed by atoms with Crippen LogP contribution in [-0.4, -0.2) is 42.8 Å². The molecule has 0 aliphatic rings. The highest BCUT2D eigenvalue weighted by Crippen LogP contribution is 2.18. The number of amides is 1. The van der Waals surface area contributed by atoms with Crippen LogP contribution in [0.1, 0.15) is 18.2 Å². The van der Waals surface area contributed by atoms with Crippen LogP contribution in [0, 0.1) is 6.92 Å². The molecule has 9 heteroatoms. The van der Waals surface area contributed by atoms with Crippen molar-refractivity contribution in [2.24, 2.45) is 0 Å². The predicted molar refractivity (Wildman–Crippen MR) is 68.3 cm³/mol. The maximum Gasteiger partial charge on any atom is 0.343 e. The Morgan fingerprint density at radius 2 is 1.76 bits per heavy atom. The lowest BCUT2D eigenvalue weighted by atomic mass is 9.90. The monoisotopic (exact) mass is 300 g/mol. The van der Waals surface area contributed by atoms with Crippen LogP contribution in [0.3, 0.4) is 0 Å². The van der Waals surface area contributed by atoms with Gasteiger partial charge in [-0.05, 0) is 6.92 Å². The zero-order valence-electron chi connectivity index (χ0n) is 12.1. The van der Waals surface area contributed by atoms with Gasteiger partial charge >= 0.3 is 11.9 Å². The Kier molecular flexibility index (Phi) is 4.90. The molecule has 1 amide bonds. The Hall–Kier alpha value is -2.58. The second kappa shape index (κ2) is 6.25. The number of ether oxygens (including phenoxy) is 2. The molecule has 0 saturated carbocycles. The van der Waals surface area contributed by atoms with Gasteiger partial charge in [-0.1, -0.05) is 0 Å². The Bertz CT molecular complexity index is 597. The summed E-state index contributed by atoms with van der Waals surface area (Å²) in [5.74, 6) is -2.58. The van der Waals surface area contributed by atoms with E-state index in [2.05, 4.69) is 19.9 Å². The molecule has 0 saturated heterocycles. The molecule has 0 aliphatic carbocycles. The van der Waals surface area contributed by atoms with Crippen LogP contribution >= 0.6 is 0 Å². The van der Waals surface area contributed by atoms with E-state index in [0.717, 1.165) is 21.1 Å². The molecule has 116 valence electrons. The topological polar surface area (TPSA) is 128 Å². The molecule has 0 unspecified atom stereocenters. The number of carbonyl (C=O) groups is 3. The van der Waals surface area contributed by atoms with Gasteiger partial charge in [0.15, 0.2) is 0 Å². The van der Waals surface area contributed by atoms with Crippen molar-refractivity contribution in [1.82, 2.24) is 10.5 Å². The molecule has 21 heavy (non-hydrogen) atoms. The number of aryl methyl sites for hydroxylation is 1. The lowest BCUT2D eigenvalue weighted by Crippen LogP contribution is -2.62. The third-order valence-electron chi connectivity index (χ3n) is 2.89.